The number of aromatic hydroxyl groups is 1. The number of thiocarbonyl (C=S) groups is 1. The highest BCUT2D eigenvalue weighted by molar-refractivity contribution is 7.81. The molecule has 1 aromatic carbocycles. The number of carbonyl (C=O) groups is 1. The summed E-state index contributed by atoms with van der Waals surface area (Å²) in [6.07, 6.45) is -4.13. The van der Waals surface area contributed by atoms with E-state index in [1.807, 2.05) is 0 Å². The van der Waals surface area contributed by atoms with E-state index in [0.717, 1.165) is 4.90 Å². The molecule has 0 atom stereocenters. The van der Waals surface area contributed by atoms with Crippen molar-refractivity contribution in [3.63, 3.8) is 0 Å². The van der Waals surface area contributed by atoms with Crippen molar-refractivity contribution >= 4 is 40.4 Å². The van der Waals surface area contributed by atoms with Crippen molar-refractivity contribution in [2.45, 2.75) is 19.0 Å². The Kier molecular flexibility index (Phi) is 4.57. The molecule has 0 radical (unpaired) electrons. The van der Waals surface area contributed by atoms with E-state index >= 15 is 0 Å². The van der Waals surface area contributed by atoms with E-state index in [1.54, 1.807) is 17.0 Å². The van der Waals surface area contributed by atoms with Gasteiger partial charge in [0.2, 0.25) is 5.91 Å². The van der Waals surface area contributed by atoms with Crippen LogP contribution in [0.1, 0.15) is 18.7 Å². The lowest BCUT2D eigenvalue weighted by Gasteiger charge is -2.28. The molecule has 0 unspecified atom stereocenters. The molecule has 1 fully saturated rings. The number of phenols is 1. The molecule has 29 heavy (non-hydrogen) atoms. The standard InChI is InChI=1S/C17H13F3N6O2S/c18-17(19,20)15-22-21-12-7-8-13(23-26(12)15)25-14(28)2-1-9-24(16(25)29)10-3-5-11(27)6-4-10/h3-8,27H,1-2,9H2. The van der Waals surface area contributed by atoms with Gasteiger partial charge in [0, 0.05) is 18.7 Å². The number of aromatic nitrogens is 4. The normalized spacial score (nSPS) is 15.8. The van der Waals surface area contributed by atoms with Crippen molar-refractivity contribution < 1.29 is 23.1 Å². The molecule has 4 rings (SSSR count). The van der Waals surface area contributed by atoms with E-state index in [4.69, 9.17) is 12.2 Å². The number of benzene rings is 1. The van der Waals surface area contributed by atoms with Crippen LogP contribution in [0.25, 0.3) is 5.65 Å². The van der Waals surface area contributed by atoms with Crippen molar-refractivity contribution in [1.82, 2.24) is 19.8 Å². The quantitative estimate of drug-likeness (QED) is 0.636. The zero-order valence-electron chi connectivity index (χ0n) is 14.7. The van der Waals surface area contributed by atoms with Crippen LogP contribution >= 0.6 is 12.2 Å². The van der Waals surface area contributed by atoms with Gasteiger partial charge in [-0.25, -0.2) is 4.90 Å². The number of carbonyl (C=O) groups excluding carboxylic acids is 1. The summed E-state index contributed by atoms with van der Waals surface area (Å²) in [4.78, 5) is 15.5. The second-order valence-corrected chi connectivity index (χ2v) is 6.63. The van der Waals surface area contributed by atoms with Crippen molar-refractivity contribution in [3.05, 3.63) is 42.2 Å². The summed E-state index contributed by atoms with van der Waals surface area (Å²) in [6, 6.07) is 8.88. The molecule has 0 spiro atoms. The topological polar surface area (TPSA) is 86.9 Å². The highest BCUT2D eigenvalue weighted by Gasteiger charge is 2.38. The Morgan fingerprint density at radius 1 is 1.07 bits per heavy atom. The van der Waals surface area contributed by atoms with E-state index < -0.39 is 12.0 Å². The number of nitrogens with zero attached hydrogens (tertiary/aromatic N) is 6. The van der Waals surface area contributed by atoms with Gasteiger partial charge in [0.05, 0.1) is 0 Å². The van der Waals surface area contributed by atoms with E-state index in [0.29, 0.717) is 23.2 Å². The van der Waals surface area contributed by atoms with Crippen LogP contribution in [0.4, 0.5) is 24.7 Å². The summed E-state index contributed by atoms with van der Waals surface area (Å²) < 4.78 is 40.0. The summed E-state index contributed by atoms with van der Waals surface area (Å²) >= 11 is 5.48. The molecule has 3 heterocycles. The molecule has 0 saturated carbocycles. The molecule has 0 bridgehead atoms. The van der Waals surface area contributed by atoms with Gasteiger partial charge in [0.1, 0.15) is 5.75 Å². The average molecular weight is 422 g/mol. The Morgan fingerprint density at radius 3 is 2.48 bits per heavy atom. The smallest absolute Gasteiger partial charge is 0.453 e. The number of hydrogen-bond acceptors (Lipinski definition) is 6. The highest BCUT2D eigenvalue weighted by atomic mass is 32.1. The van der Waals surface area contributed by atoms with Crippen LogP contribution in [-0.4, -0.2) is 42.5 Å². The second-order valence-electron chi connectivity index (χ2n) is 6.27. The fourth-order valence-electron chi connectivity index (χ4n) is 3.00. The van der Waals surface area contributed by atoms with Gasteiger partial charge >= 0.3 is 6.18 Å². The maximum absolute atomic E-state index is 13.2. The number of anilines is 2. The molecule has 2 aromatic heterocycles. The predicted octanol–water partition coefficient (Wildman–Crippen LogP) is 2.77. The minimum atomic E-state index is -4.76. The summed E-state index contributed by atoms with van der Waals surface area (Å²) in [6.45, 7) is 0.425. The van der Waals surface area contributed by atoms with E-state index in [9.17, 15) is 23.1 Å². The summed E-state index contributed by atoms with van der Waals surface area (Å²) in [5.41, 5.74) is 0.526. The SMILES string of the molecule is O=C1CCCN(c2ccc(O)cc2)C(=S)N1c1ccc2nnc(C(F)(F)F)n2n1. The van der Waals surface area contributed by atoms with Crippen LogP contribution in [0.3, 0.4) is 0 Å². The van der Waals surface area contributed by atoms with Gasteiger partial charge in [-0.3, -0.25) is 4.79 Å². The average Bonchev–Trinajstić information content (AvgIpc) is 3.04. The Balaban J connectivity index is 1.78. The van der Waals surface area contributed by atoms with Crippen LogP contribution < -0.4 is 9.80 Å². The molecule has 1 aliphatic rings. The zero-order valence-corrected chi connectivity index (χ0v) is 15.5. The molecule has 12 heteroatoms. The molecular weight excluding hydrogens is 409 g/mol. The fourth-order valence-corrected chi connectivity index (χ4v) is 3.39. The maximum atomic E-state index is 13.2. The van der Waals surface area contributed by atoms with Gasteiger partial charge in [-0.1, -0.05) is 0 Å². The first-order valence-corrected chi connectivity index (χ1v) is 8.89. The van der Waals surface area contributed by atoms with Gasteiger partial charge in [0.25, 0.3) is 5.82 Å². The van der Waals surface area contributed by atoms with Crippen LogP contribution in [0.15, 0.2) is 36.4 Å². The predicted molar refractivity (Wildman–Crippen MR) is 101 cm³/mol. The number of phenolic OH excluding ortho intramolecular Hbond substituents is 1. The van der Waals surface area contributed by atoms with Crippen LogP contribution in [-0.2, 0) is 11.0 Å². The second kappa shape index (κ2) is 6.95. The lowest BCUT2D eigenvalue weighted by atomic mass is 10.2. The Morgan fingerprint density at radius 2 is 1.79 bits per heavy atom. The number of halogens is 3. The molecule has 8 nitrogen and oxygen atoms in total. The third-order valence-corrected chi connectivity index (χ3v) is 4.74. The highest BCUT2D eigenvalue weighted by Crippen LogP contribution is 2.29. The number of rotatable bonds is 2. The van der Waals surface area contributed by atoms with Gasteiger partial charge < -0.3 is 10.0 Å². The largest absolute Gasteiger partial charge is 0.508 e. The van der Waals surface area contributed by atoms with E-state index in [2.05, 4.69) is 15.3 Å². The van der Waals surface area contributed by atoms with Gasteiger partial charge in [-0.15, -0.1) is 15.3 Å². The maximum Gasteiger partial charge on any atom is 0.453 e. The van der Waals surface area contributed by atoms with Crippen molar-refractivity contribution in [2.75, 3.05) is 16.3 Å². The molecule has 3 aromatic rings. The first-order valence-electron chi connectivity index (χ1n) is 8.49. The first-order chi connectivity index (χ1) is 13.8. The fraction of sp³-hybridized carbons (Fsp3) is 0.235. The zero-order chi connectivity index (χ0) is 20.8. The third-order valence-electron chi connectivity index (χ3n) is 4.34. The molecule has 1 saturated heterocycles. The summed E-state index contributed by atoms with van der Waals surface area (Å²) in [7, 11) is 0. The lowest BCUT2D eigenvalue weighted by Crippen LogP contribution is -2.44. The van der Waals surface area contributed by atoms with Crippen molar-refractivity contribution in [2.24, 2.45) is 0 Å². The minimum absolute atomic E-state index is 0.0662. The minimum Gasteiger partial charge on any atom is -0.508 e. The monoisotopic (exact) mass is 422 g/mol. The Labute approximate surface area is 167 Å². The lowest BCUT2D eigenvalue weighted by molar-refractivity contribution is -0.146. The van der Waals surface area contributed by atoms with E-state index in [1.165, 1.54) is 24.3 Å². The number of hydrogen-bond donors (Lipinski definition) is 1. The van der Waals surface area contributed by atoms with Gasteiger partial charge in [0.15, 0.2) is 16.6 Å². The van der Waals surface area contributed by atoms with Crippen LogP contribution in [0, 0.1) is 0 Å². The number of amides is 1. The third kappa shape index (κ3) is 3.46. The molecule has 1 aliphatic heterocycles. The van der Waals surface area contributed by atoms with Gasteiger partial charge in [-0.2, -0.15) is 17.7 Å². The number of fused-ring (bicyclic) bond motifs is 1. The number of alkyl halides is 3. The first kappa shape index (κ1) is 19.1. The van der Waals surface area contributed by atoms with Crippen LogP contribution in [0.5, 0.6) is 5.75 Å². The molecule has 1 N–H and O–H groups in total. The van der Waals surface area contributed by atoms with Gasteiger partial charge in [-0.05, 0) is 55.0 Å². The summed E-state index contributed by atoms with van der Waals surface area (Å²) in [5.74, 6) is -1.67. The Hall–Kier alpha value is -3.28. The molecule has 150 valence electrons. The molecule has 0 aliphatic carbocycles. The van der Waals surface area contributed by atoms with Crippen LogP contribution in [0.2, 0.25) is 0 Å². The van der Waals surface area contributed by atoms with E-state index in [-0.39, 0.29) is 34.7 Å². The van der Waals surface area contributed by atoms with Crippen molar-refractivity contribution in [3.8, 4) is 5.75 Å². The molecule has 1 amide bonds. The Bertz CT molecular complexity index is 1100. The molecular formula is C17H13F3N6O2S. The summed E-state index contributed by atoms with van der Waals surface area (Å²) in [5, 5.41) is 20.1. The van der Waals surface area contributed by atoms with Crippen molar-refractivity contribution in [1.29, 1.82) is 0 Å².